The van der Waals surface area contributed by atoms with Crippen molar-refractivity contribution in [2.75, 3.05) is 0 Å². The number of phenols is 1. The van der Waals surface area contributed by atoms with Crippen LogP contribution in [0.2, 0.25) is 0 Å². The van der Waals surface area contributed by atoms with Crippen LogP contribution in [0, 0.1) is 23.7 Å². The van der Waals surface area contributed by atoms with Gasteiger partial charge in [0.15, 0.2) is 11.6 Å². The largest absolute Gasteiger partial charge is 0.507 e. The van der Waals surface area contributed by atoms with E-state index in [1.54, 1.807) is 0 Å². The number of aliphatic hydroxyl groups is 1. The van der Waals surface area contributed by atoms with Crippen molar-refractivity contribution < 1.29 is 24.6 Å². The molecule has 0 bridgehead atoms. The summed E-state index contributed by atoms with van der Waals surface area (Å²) in [5, 5.41) is 21.1. The molecule has 1 aromatic rings. The van der Waals surface area contributed by atoms with Gasteiger partial charge in [0.05, 0.1) is 17.1 Å². The zero-order valence-corrected chi connectivity index (χ0v) is 13.5. The van der Waals surface area contributed by atoms with Crippen LogP contribution in [0.1, 0.15) is 53.3 Å². The van der Waals surface area contributed by atoms with Crippen molar-refractivity contribution in [2.45, 2.75) is 38.2 Å². The van der Waals surface area contributed by atoms with Crippen LogP contribution in [0.25, 0.3) is 0 Å². The molecule has 0 spiro atoms. The maximum Gasteiger partial charge on any atom is 0.171 e. The van der Waals surface area contributed by atoms with Gasteiger partial charge in [-0.3, -0.25) is 14.4 Å². The number of rotatable bonds is 0. The Hall–Kier alpha value is -2.01. The minimum Gasteiger partial charge on any atom is -0.507 e. The number of carbonyl (C=O) groups excluding carboxylic acids is 3. The van der Waals surface area contributed by atoms with E-state index in [-0.39, 0.29) is 40.1 Å². The quantitative estimate of drug-likeness (QED) is 0.761. The zero-order valence-electron chi connectivity index (χ0n) is 13.5. The van der Waals surface area contributed by atoms with E-state index < -0.39 is 23.4 Å². The highest BCUT2D eigenvalue weighted by Crippen LogP contribution is 2.53. The SMILES string of the molecule is C[C@H]1CC(=O)[C@@H]2[C@@H]3C(=O)c4cccc(O)c4C(=O)[C@@H]3CC[C@@]2(O)C1. The molecule has 24 heavy (non-hydrogen) atoms. The van der Waals surface area contributed by atoms with Crippen LogP contribution < -0.4 is 0 Å². The topological polar surface area (TPSA) is 91.7 Å². The van der Waals surface area contributed by atoms with Crippen molar-refractivity contribution in [1.29, 1.82) is 0 Å². The number of aromatic hydroxyl groups is 1. The summed E-state index contributed by atoms with van der Waals surface area (Å²) in [6.45, 7) is 1.93. The molecule has 5 nitrogen and oxygen atoms in total. The van der Waals surface area contributed by atoms with Crippen molar-refractivity contribution in [3.05, 3.63) is 29.3 Å². The van der Waals surface area contributed by atoms with Crippen molar-refractivity contribution in [3.8, 4) is 5.75 Å². The highest BCUT2D eigenvalue weighted by molar-refractivity contribution is 6.18. The van der Waals surface area contributed by atoms with Crippen LogP contribution in [0.4, 0.5) is 0 Å². The minimum atomic E-state index is -1.19. The number of carbonyl (C=O) groups is 3. The molecule has 2 N–H and O–H groups in total. The van der Waals surface area contributed by atoms with E-state index in [4.69, 9.17) is 0 Å². The first-order valence-corrected chi connectivity index (χ1v) is 8.49. The van der Waals surface area contributed by atoms with Crippen molar-refractivity contribution >= 4 is 17.3 Å². The predicted molar refractivity (Wildman–Crippen MR) is 84.8 cm³/mol. The second kappa shape index (κ2) is 4.99. The number of phenolic OH excluding ortho intramolecular Hbond substituents is 1. The van der Waals surface area contributed by atoms with Crippen molar-refractivity contribution in [2.24, 2.45) is 23.7 Å². The molecular weight excluding hydrogens is 308 g/mol. The molecule has 0 radical (unpaired) electrons. The first-order valence-electron chi connectivity index (χ1n) is 8.49. The summed E-state index contributed by atoms with van der Waals surface area (Å²) in [5.41, 5.74) is -0.942. The van der Waals surface area contributed by atoms with E-state index in [0.717, 1.165) is 0 Å². The number of fused-ring (bicyclic) bond motifs is 4. The van der Waals surface area contributed by atoms with E-state index >= 15 is 0 Å². The van der Waals surface area contributed by atoms with Gasteiger partial charge in [0.2, 0.25) is 0 Å². The third kappa shape index (κ3) is 1.94. The van der Waals surface area contributed by atoms with Gasteiger partial charge in [0, 0.05) is 23.8 Å². The van der Waals surface area contributed by atoms with E-state index in [9.17, 15) is 24.6 Å². The smallest absolute Gasteiger partial charge is 0.171 e. The Labute approximate surface area is 139 Å². The van der Waals surface area contributed by atoms with E-state index in [1.807, 2.05) is 6.92 Å². The van der Waals surface area contributed by atoms with Gasteiger partial charge in [-0.25, -0.2) is 0 Å². The van der Waals surface area contributed by atoms with Crippen LogP contribution >= 0.6 is 0 Å². The molecule has 0 amide bonds. The summed E-state index contributed by atoms with van der Waals surface area (Å²) < 4.78 is 0. The van der Waals surface area contributed by atoms with Gasteiger partial charge in [-0.05, 0) is 31.2 Å². The lowest BCUT2D eigenvalue weighted by atomic mass is 9.53. The van der Waals surface area contributed by atoms with Gasteiger partial charge < -0.3 is 10.2 Å². The van der Waals surface area contributed by atoms with Crippen molar-refractivity contribution in [3.63, 3.8) is 0 Å². The molecule has 126 valence electrons. The van der Waals surface area contributed by atoms with E-state index in [0.29, 0.717) is 25.7 Å². The standard InChI is InChI=1S/C19H20O5/c1-9-7-13(21)16-15-11(5-6-19(16,24)8-9)17(22)14-10(18(15)23)3-2-4-12(14)20/h2-4,9,11,15-16,20,24H,5-8H2,1H3/t9-,11+,15+,16+,19+/m0/s1. The van der Waals surface area contributed by atoms with Crippen LogP contribution in [-0.4, -0.2) is 33.2 Å². The average Bonchev–Trinajstić information content (AvgIpc) is 2.50. The number of Topliss-reactive ketones (excluding diaryl/α,β-unsaturated/α-hetero) is 3. The number of hydrogen-bond acceptors (Lipinski definition) is 5. The summed E-state index contributed by atoms with van der Waals surface area (Å²) in [6, 6.07) is 4.45. The van der Waals surface area contributed by atoms with Gasteiger partial charge in [-0.15, -0.1) is 0 Å². The molecule has 0 saturated heterocycles. The van der Waals surface area contributed by atoms with Crippen LogP contribution in [-0.2, 0) is 4.79 Å². The molecule has 2 saturated carbocycles. The maximum absolute atomic E-state index is 13.0. The lowest BCUT2D eigenvalue weighted by Gasteiger charge is -2.51. The Morgan fingerprint density at radius 2 is 1.92 bits per heavy atom. The first kappa shape index (κ1) is 15.5. The van der Waals surface area contributed by atoms with E-state index in [1.165, 1.54) is 18.2 Å². The minimum absolute atomic E-state index is 0.0748. The predicted octanol–water partition coefficient (Wildman–Crippen LogP) is 2.14. The second-order valence-electron chi connectivity index (χ2n) is 7.66. The summed E-state index contributed by atoms with van der Waals surface area (Å²) in [6.07, 6.45) is 1.54. The van der Waals surface area contributed by atoms with Gasteiger partial charge in [-0.2, -0.15) is 0 Å². The first-order chi connectivity index (χ1) is 11.3. The Morgan fingerprint density at radius 3 is 2.67 bits per heavy atom. The Balaban J connectivity index is 1.85. The highest BCUT2D eigenvalue weighted by Gasteiger charge is 2.60. The fourth-order valence-corrected chi connectivity index (χ4v) is 5.18. The lowest BCUT2D eigenvalue weighted by Crippen LogP contribution is -2.59. The molecule has 1 aromatic carbocycles. The van der Waals surface area contributed by atoms with E-state index in [2.05, 4.69) is 0 Å². The fraction of sp³-hybridized carbons (Fsp3) is 0.526. The third-order valence-corrected chi connectivity index (χ3v) is 6.05. The molecule has 0 aliphatic heterocycles. The Bertz CT molecular complexity index is 767. The molecule has 5 heteroatoms. The lowest BCUT2D eigenvalue weighted by molar-refractivity contribution is -0.154. The van der Waals surface area contributed by atoms with Gasteiger partial charge in [-0.1, -0.05) is 19.1 Å². The monoisotopic (exact) mass is 328 g/mol. The molecule has 4 rings (SSSR count). The summed E-state index contributed by atoms with van der Waals surface area (Å²) >= 11 is 0. The number of ketones is 3. The Morgan fingerprint density at radius 1 is 1.17 bits per heavy atom. The fourth-order valence-electron chi connectivity index (χ4n) is 5.18. The van der Waals surface area contributed by atoms with Gasteiger partial charge in [0.1, 0.15) is 11.5 Å². The molecule has 2 fully saturated rings. The summed E-state index contributed by atoms with van der Waals surface area (Å²) in [7, 11) is 0. The molecule has 5 atom stereocenters. The third-order valence-electron chi connectivity index (χ3n) is 6.05. The zero-order chi connectivity index (χ0) is 17.2. The number of benzene rings is 1. The number of hydrogen-bond donors (Lipinski definition) is 2. The highest BCUT2D eigenvalue weighted by atomic mass is 16.3. The molecule has 3 aliphatic carbocycles. The molecule has 0 aromatic heterocycles. The van der Waals surface area contributed by atoms with Gasteiger partial charge >= 0.3 is 0 Å². The summed E-state index contributed by atoms with van der Waals surface area (Å²) in [5.74, 6) is -3.02. The van der Waals surface area contributed by atoms with Crippen molar-refractivity contribution in [1.82, 2.24) is 0 Å². The Kier molecular flexibility index (Phi) is 3.23. The summed E-state index contributed by atoms with van der Waals surface area (Å²) in [4.78, 5) is 38.6. The molecule has 0 heterocycles. The molecular formula is C19H20O5. The van der Waals surface area contributed by atoms with Crippen LogP contribution in [0.3, 0.4) is 0 Å². The average molecular weight is 328 g/mol. The maximum atomic E-state index is 13.0. The molecule has 3 aliphatic rings. The van der Waals surface area contributed by atoms with Crippen LogP contribution in [0.5, 0.6) is 5.75 Å². The normalized spacial score (nSPS) is 38.3. The van der Waals surface area contributed by atoms with Gasteiger partial charge in [0.25, 0.3) is 0 Å². The second-order valence-corrected chi connectivity index (χ2v) is 7.66. The molecule has 0 unspecified atom stereocenters. The van der Waals surface area contributed by atoms with Crippen LogP contribution in [0.15, 0.2) is 18.2 Å².